The molecule has 0 bridgehead atoms. The summed E-state index contributed by atoms with van der Waals surface area (Å²) in [6.07, 6.45) is 1.45. The zero-order valence-corrected chi connectivity index (χ0v) is 14.8. The molecule has 1 aromatic rings. The van der Waals surface area contributed by atoms with Gasteiger partial charge in [-0.05, 0) is 42.5 Å². The molecular formula is C17H22N2O4S. The Morgan fingerprint density at radius 3 is 1.92 bits per heavy atom. The molecule has 2 aliphatic rings. The molecule has 6 nitrogen and oxygen atoms in total. The number of carbonyl (C=O) groups is 2. The second-order valence-corrected chi connectivity index (χ2v) is 8.82. The third kappa shape index (κ3) is 3.10. The average Bonchev–Trinajstić information content (AvgIpc) is 2.85. The van der Waals surface area contributed by atoms with Crippen molar-refractivity contribution in [3.8, 4) is 0 Å². The molecule has 2 unspecified atom stereocenters. The molecule has 2 saturated heterocycles. The second kappa shape index (κ2) is 6.29. The van der Waals surface area contributed by atoms with Crippen molar-refractivity contribution in [1.29, 1.82) is 0 Å². The van der Waals surface area contributed by atoms with Gasteiger partial charge in [0.1, 0.15) is 0 Å². The number of piperidine rings is 1. The molecule has 0 saturated carbocycles. The van der Waals surface area contributed by atoms with Crippen LogP contribution in [0.15, 0.2) is 29.2 Å². The summed E-state index contributed by atoms with van der Waals surface area (Å²) in [4.78, 5) is 24.9. The summed E-state index contributed by atoms with van der Waals surface area (Å²) < 4.78 is 27.2. The maximum atomic E-state index is 12.8. The number of anilines is 1. The summed E-state index contributed by atoms with van der Waals surface area (Å²) in [5, 5.41) is 0. The second-order valence-electron chi connectivity index (χ2n) is 6.88. The van der Waals surface area contributed by atoms with Gasteiger partial charge in [0.15, 0.2) is 0 Å². The van der Waals surface area contributed by atoms with Gasteiger partial charge in [-0.2, -0.15) is 4.31 Å². The molecule has 1 aromatic carbocycles. The summed E-state index contributed by atoms with van der Waals surface area (Å²) >= 11 is 0. The minimum atomic E-state index is -3.55. The van der Waals surface area contributed by atoms with E-state index < -0.39 is 10.0 Å². The van der Waals surface area contributed by atoms with Crippen molar-refractivity contribution in [3.63, 3.8) is 0 Å². The third-order valence-electron chi connectivity index (χ3n) is 4.62. The van der Waals surface area contributed by atoms with Crippen LogP contribution in [0.2, 0.25) is 0 Å². The molecule has 0 N–H and O–H groups in total. The molecule has 130 valence electrons. The number of sulfonamides is 1. The largest absolute Gasteiger partial charge is 0.274 e. The molecule has 0 aromatic heterocycles. The van der Waals surface area contributed by atoms with Gasteiger partial charge in [0.05, 0.1) is 10.6 Å². The Bertz CT molecular complexity index is 731. The number of rotatable bonds is 3. The number of hydrogen-bond acceptors (Lipinski definition) is 4. The molecule has 2 heterocycles. The Morgan fingerprint density at radius 1 is 0.917 bits per heavy atom. The summed E-state index contributed by atoms with van der Waals surface area (Å²) in [6, 6.07) is 6.02. The van der Waals surface area contributed by atoms with Gasteiger partial charge in [-0.15, -0.1) is 0 Å². The fourth-order valence-corrected chi connectivity index (χ4v) is 5.26. The summed E-state index contributed by atoms with van der Waals surface area (Å²) in [5.74, 6) is 0.189. The van der Waals surface area contributed by atoms with Gasteiger partial charge in [-0.1, -0.05) is 13.8 Å². The summed E-state index contributed by atoms with van der Waals surface area (Å²) in [6.45, 7) is 5.17. The van der Waals surface area contributed by atoms with E-state index in [4.69, 9.17) is 0 Å². The van der Waals surface area contributed by atoms with Crippen molar-refractivity contribution >= 4 is 27.5 Å². The quantitative estimate of drug-likeness (QED) is 0.782. The smallest absolute Gasteiger partial charge is 0.243 e. The Morgan fingerprint density at radius 2 is 1.42 bits per heavy atom. The molecule has 0 aliphatic carbocycles. The summed E-state index contributed by atoms with van der Waals surface area (Å²) in [5.41, 5.74) is 0.432. The molecule has 0 radical (unpaired) electrons. The van der Waals surface area contributed by atoms with E-state index >= 15 is 0 Å². The first-order valence-corrected chi connectivity index (χ1v) is 9.69. The van der Waals surface area contributed by atoms with Crippen LogP contribution in [0, 0.1) is 11.8 Å². The van der Waals surface area contributed by atoms with Crippen LogP contribution >= 0.6 is 0 Å². The standard InChI is InChI=1S/C17H22N2O4S/c1-12-9-13(2)11-18(10-12)24(22,23)15-5-3-14(4-6-15)19-16(20)7-8-17(19)21/h3-6,12-13H,7-11H2,1-2H3. The first-order chi connectivity index (χ1) is 11.3. The normalized spacial score (nSPS) is 26.2. The van der Waals surface area contributed by atoms with Gasteiger partial charge >= 0.3 is 0 Å². The Labute approximate surface area is 142 Å². The number of hydrogen-bond donors (Lipinski definition) is 0. The predicted octanol–water partition coefficient (Wildman–Crippen LogP) is 2.01. The molecule has 24 heavy (non-hydrogen) atoms. The minimum Gasteiger partial charge on any atom is -0.274 e. The lowest BCUT2D eigenvalue weighted by molar-refractivity contribution is -0.121. The van der Waals surface area contributed by atoms with Gasteiger partial charge in [0, 0.05) is 25.9 Å². The van der Waals surface area contributed by atoms with Crippen molar-refractivity contribution in [3.05, 3.63) is 24.3 Å². The summed E-state index contributed by atoms with van der Waals surface area (Å²) in [7, 11) is -3.55. The lowest BCUT2D eigenvalue weighted by atomic mass is 9.94. The van der Waals surface area contributed by atoms with Gasteiger partial charge in [0.2, 0.25) is 21.8 Å². The van der Waals surface area contributed by atoms with E-state index in [0.29, 0.717) is 30.6 Å². The highest BCUT2D eigenvalue weighted by molar-refractivity contribution is 7.89. The fourth-order valence-electron chi connectivity index (χ4n) is 3.58. The number of amides is 2. The molecule has 2 atom stereocenters. The molecule has 7 heteroatoms. The van der Waals surface area contributed by atoms with E-state index in [1.165, 1.54) is 28.6 Å². The molecule has 2 amide bonds. The van der Waals surface area contributed by atoms with E-state index in [9.17, 15) is 18.0 Å². The molecule has 2 fully saturated rings. The number of imide groups is 1. The van der Waals surface area contributed by atoms with Crippen molar-refractivity contribution in [1.82, 2.24) is 4.31 Å². The van der Waals surface area contributed by atoms with Crippen molar-refractivity contribution < 1.29 is 18.0 Å². The Kier molecular flexibility index (Phi) is 4.48. The minimum absolute atomic E-state index is 0.201. The van der Waals surface area contributed by atoms with Crippen LogP contribution in [0.3, 0.4) is 0 Å². The van der Waals surface area contributed by atoms with Crippen LogP contribution in [0.4, 0.5) is 5.69 Å². The number of benzene rings is 1. The SMILES string of the molecule is CC1CC(C)CN(S(=O)(=O)c2ccc(N3C(=O)CCC3=O)cc2)C1. The topological polar surface area (TPSA) is 74.8 Å². The highest BCUT2D eigenvalue weighted by atomic mass is 32.2. The monoisotopic (exact) mass is 350 g/mol. The average molecular weight is 350 g/mol. The van der Waals surface area contributed by atoms with Gasteiger partial charge in [-0.25, -0.2) is 8.42 Å². The fraction of sp³-hybridized carbons (Fsp3) is 0.529. The first kappa shape index (κ1) is 17.1. The number of carbonyl (C=O) groups excluding carboxylic acids is 2. The van der Waals surface area contributed by atoms with Crippen molar-refractivity contribution in [2.24, 2.45) is 11.8 Å². The van der Waals surface area contributed by atoms with E-state index in [1.807, 2.05) is 0 Å². The lowest BCUT2D eigenvalue weighted by Gasteiger charge is -2.34. The van der Waals surface area contributed by atoms with Crippen LogP contribution in [-0.2, 0) is 19.6 Å². The predicted molar refractivity (Wildman–Crippen MR) is 89.9 cm³/mol. The first-order valence-electron chi connectivity index (χ1n) is 8.25. The van der Waals surface area contributed by atoms with E-state index in [1.54, 1.807) is 0 Å². The van der Waals surface area contributed by atoms with E-state index in [0.717, 1.165) is 11.3 Å². The zero-order chi connectivity index (χ0) is 17.5. The maximum Gasteiger partial charge on any atom is 0.243 e. The third-order valence-corrected chi connectivity index (χ3v) is 6.47. The van der Waals surface area contributed by atoms with Crippen LogP contribution in [0.25, 0.3) is 0 Å². The molecule has 2 aliphatic heterocycles. The van der Waals surface area contributed by atoms with Crippen molar-refractivity contribution in [2.45, 2.75) is 38.0 Å². The van der Waals surface area contributed by atoms with Gasteiger partial charge < -0.3 is 0 Å². The Hall–Kier alpha value is -1.73. The zero-order valence-electron chi connectivity index (χ0n) is 13.9. The van der Waals surface area contributed by atoms with Crippen LogP contribution < -0.4 is 4.90 Å². The number of nitrogens with zero attached hydrogens (tertiary/aromatic N) is 2. The van der Waals surface area contributed by atoms with Crippen LogP contribution in [-0.4, -0.2) is 37.6 Å². The van der Waals surface area contributed by atoms with Gasteiger partial charge in [0.25, 0.3) is 0 Å². The molecular weight excluding hydrogens is 328 g/mol. The van der Waals surface area contributed by atoms with Crippen LogP contribution in [0.5, 0.6) is 0 Å². The highest BCUT2D eigenvalue weighted by Crippen LogP contribution is 2.28. The van der Waals surface area contributed by atoms with E-state index in [2.05, 4.69) is 13.8 Å². The maximum absolute atomic E-state index is 12.8. The molecule has 3 rings (SSSR count). The van der Waals surface area contributed by atoms with E-state index in [-0.39, 0.29) is 29.6 Å². The van der Waals surface area contributed by atoms with Gasteiger partial charge in [-0.3, -0.25) is 14.5 Å². The lowest BCUT2D eigenvalue weighted by Crippen LogP contribution is -2.42. The highest BCUT2D eigenvalue weighted by Gasteiger charge is 2.33. The van der Waals surface area contributed by atoms with Crippen molar-refractivity contribution in [2.75, 3.05) is 18.0 Å². The van der Waals surface area contributed by atoms with Crippen LogP contribution in [0.1, 0.15) is 33.1 Å². The molecule has 0 spiro atoms. The Balaban J connectivity index is 1.84.